The van der Waals surface area contributed by atoms with Crippen LogP contribution in [0.15, 0.2) is 84.9 Å². The molecule has 144 valence electrons. The number of nitrogens with one attached hydrogen (secondary N) is 1. The van der Waals surface area contributed by atoms with Gasteiger partial charge in [-0.2, -0.15) is 0 Å². The third-order valence-electron chi connectivity index (χ3n) is 6.14. The highest BCUT2D eigenvalue weighted by atomic mass is 16.5. The molecule has 0 aliphatic carbocycles. The zero-order chi connectivity index (χ0) is 19.2. The maximum atomic E-state index is 6.15. The van der Waals surface area contributed by atoms with Crippen LogP contribution >= 0.6 is 0 Å². The monoisotopic (exact) mass is 371 g/mol. The summed E-state index contributed by atoms with van der Waals surface area (Å²) >= 11 is 0. The van der Waals surface area contributed by atoms with Crippen molar-refractivity contribution < 1.29 is 4.74 Å². The van der Waals surface area contributed by atoms with Gasteiger partial charge >= 0.3 is 0 Å². The normalized spacial score (nSPS) is 19.0. The highest BCUT2D eigenvalue weighted by molar-refractivity contribution is 5.51. The Balaban J connectivity index is 1.44. The lowest BCUT2D eigenvalue weighted by Gasteiger charge is -2.35. The van der Waals surface area contributed by atoms with E-state index in [0.717, 1.165) is 38.3 Å². The Morgan fingerprint density at radius 2 is 1.54 bits per heavy atom. The topological polar surface area (TPSA) is 21.3 Å². The maximum Gasteiger partial charge on any atom is 0.123 e. The largest absolute Gasteiger partial charge is 0.492 e. The number of hydrogen-bond acceptors (Lipinski definition) is 2. The van der Waals surface area contributed by atoms with E-state index in [9.17, 15) is 0 Å². The van der Waals surface area contributed by atoms with Crippen LogP contribution in [-0.4, -0.2) is 19.7 Å². The molecular weight excluding hydrogens is 342 g/mol. The van der Waals surface area contributed by atoms with Crippen LogP contribution in [0.4, 0.5) is 0 Å². The quantitative estimate of drug-likeness (QED) is 0.548. The number of benzene rings is 3. The van der Waals surface area contributed by atoms with Crippen LogP contribution in [0.25, 0.3) is 0 Å². The van der Waals surface area contributed by atoms with Gasteiger partial charge in [0.05, 0.1) is 5.41 Å². The molecule has 2 unspecified atom stereocenters. The molecule has 0 aromatic heterocycles. The minimum atomic E-state index is -0.0705. The van der Waals surface area contributed by atoms with Crippen molar-refractivity contribution in [2.45, 2.75) is 25.2 Å². The molecule has 3 aromatic rings. The summed E-state index contributed by atoms with van der Waals surface area (Å²) in [7, 11) is 0. The highest BCUT2D eigenvalue weighted by Crippen LogP contribution is 2.48. The zero-order valence-electron chi connectivity index (χ0n) is 16.6. The number of hydrogen-bond donors (Lipinski definition) is 1. The predicted molar refractivity (Wildman–Crippen MR) is 116 cm³/mol. The lowest BCUT2D eigenvalue weighted by molar-refractivity contribution is 0.230. The van der Waals surface area contributed by atoms with E-state index >= 15 is 0 Å². The molecule has 4 rings (SSSR count). The van der Waals surface area contributed by atoms with Crippen LogP contribution in [-0.2, 0) is 11.8 Å². The fourth-order valence-corrected chi connectivity index (χ4v) is 4.46. The summed E-state index contributed by atoms with van der Waals surface area (Å²) in [5.41, 5.74) is 4.01. The van der Waals surface area contributed by atoms with Crippen molar-refractivity contribution in [3.8, 4) is 5.75 Å². The van der Waals surface area contributed by atoms with Gasteiger partial charge in [-0.25, -0.2) is 0 Å². The van der Waals surface area contributed by atoms with Gasteiger partial charge in [-0.05, 0) is 49.0 Å². The molecule has 0 amide bonds. The summed E-state index contributed by atoms with van der Waals surface area (Å²) in [5, 5.41) is 3.64. The van der Waals surface area contributed by atoms with E-state index in [2.05, 4.69) is 97.2 Å². The minimum absolute atomic E-state index is 0.0705. The first-order chi connectivity index (χ1) is 13.8. The maximum absolute atomic E-state index is 6.15. The first kappa shape index (κ1) is 18.8. The van der Waals surface area contributed by atoms with Gasteiger partial charge in [-0.15, -0.1) is 0 Å². The molecule has 1 N–H and O–H groups in total. The molecule has 3 aromatic carbocycles. The first-order valence-electron chi connectivity index (χ1n) is 10.3. The van der Waals surface area contributed by atoms with Crippen molar-refractivity contribution in [1.29, 1.82) is 0 Å². The minimum Gasteiger partial charge on any atom is -0.492 e. The molecule has 1 aliphatic rings. The molecule has 1 aliphatic heterocycles. The molecule has 0 spiro atoms. The summed E-state index contributed by atoms with van der Waals surface area (Å²) in [6, 6.07) is 30.1. The molecule has 0 saturated carbocycles. The van der Waals surface area contributed by atoms with Crippen LogP contribution < -0.4 is 10.1 Å². The van der Waals surface area contributed by atoms with Gasteiger partial charge < -0.3 is 10.1 Å². The Morgan fingerprint density at radius 3 is 2.32 bits per heavy atom. The molecule has 1 heterocycles. The van der Waals surface area contributed by atoms with Gasteiger partial charge in [0.15, 0.2) is 0 Å². The second-order valence-corrected chi connectivity index (χ2v) is 7.80. The average molecular weight is 372 g/mol. The molecular formula is C26H29NO. The lowest BCUT2D eigenvalue weighted by atomic mass is 9.66. The highest BCUT2D eigenvalue weighted by Gasteiger charge is 2.45. The standard InChI is InChI=1S/C26H29NO/c1-21(16-18-27-19-17-22-10-4-2-5-11-22)26(23-12-6-3-7-13-23)20-28-25-15-9-8-14-24(25)26/h2-15,21,27H,16-20H2,1H3. The van der Waals surface area contributed by atoms with Crippen molar-refractivity contribution in [2.24, 2.45) is 5.92 Å². The fourth-order valence-electron chi connectivity index (χ4n) is 4.46. The van der Waals surface area contributed by atoms with E-state index in [1.807, 2.05) is 0 Å². The van der Waals surface area contributed by atoms with Gasteiger partial charge in [0.1, 0.15) is 12.4 Å². The molecule has 28 heavy (non-hydrogen) atoms. The molecule has 2 atom stereocenters. The van der Waals surface area contributed by atoms with Crippen molar-refractivity contribution in [1.82, 2.24) is 5.32 Å². The smallest absolute Gasteiger partial charge is 0.123 e. The van der Waals surface area contributed by atoms with Crippen molar-refractivity contribution in [3.63, 3.8) is 0 Å². The predicted octanol–water partition coefficient (Wildman–Crippen LogP) is 5.22. The molecule has 0 radical (unpaired) electrons. The Hall–Kier alpha value is -2.58. The van der Waals surface area contributed by atoms with Gasteiger partial charge in [-0.3, -0.25) is 0 Å². The SMILES string of the molecule is CC(CCNCCc1ccccc1)C1(c2ccccc2)COc2ccccc21. The summed E-state index contributed by atoms with van der Waals surface area (Å²) < 4.78 is 6.15. The Morgan fingerprint density at radius 1 is 0.857 bits per heavy atom. The third kappa shape index (κ3) is 3.70. The second-order valence-electron chi connectivity index (χ2n) is 7.80. The number of para-hydroxylation sites is 1. The number of rotatable bonds is 8. The van der Waals surface area contributed by atoms with Gasteiger partial charge in [0.2, 0.25) is 0 Å². The van der Waals surface area contributed by atoms with Crippen LogP contribution in [0.2, 0.25) is 0 Å². The molecule has 2 nitrogen and oxygen atoms in total. The fraction of sp³-hybridized carbons (Fsp3) is 0.308. The van der Waals surface area contributed by atoms with Crippen LogP contribution in [0.1, 0.15) is 30.0 Å². The Labute approximate surface area is 168 Å². The van der Waals surface area contributed by atoms with E-state index in [1.54, 1.807) is 0 Å². The van der Waals surface area contributed by atoms with Crippen molar-refractivity contribution in [3.05, 3.63) is 102 Å². The van der Waals surface area contributed by atoms with Gasteiger partial charge in [0, 0.05) is 5.56 Å². The van der Waals surface area contributed by atoms with Gasteiger partial charge in [0.25, 0.3) is 0 Å². The molecule has 0 bridgehead atoms. The second kappa shape index (κ2) is 8.62. The Kier molecular flexibility index (Phi) is 5.78. The van der Waals surface area contributed by atoms with E-state index < -0.39 is 0 Å². The van der Waals surface area contributed by atoms with Crippen LogP contribution in [0.3, 0.4) is 0 Å². The van der Waals surface area contributed by atoms with Crippen molar-refractivity contribution >= 4 is 0 Å². The van der Waals surface area contributed by atoms with E-state index in [0.29, 0.717) is 5.92 Å². The van der Waals surface area contributed by atoms with E-state index in [4.69, 9.17) is 4.74 Å². The average Bonchev–Trinajstić information content (AvgIpc) is 3.15. The summed E-state index contributed by atoms with van der Waals surface area (Å²) in [6.45, 7) is 5.13. The third-order valence-corrected chi connectivity index (χ3v) is 6.14. The zero-order valence-corrected chi connectivity index (χ0v) is 16.6. The van der Waals surface area contributed by atoms with Crippen LogP contribution in [0.5, 0.6) is 5.75 Å². The molecule has 0 saturated heterocycles. The van der Waals surface area contributed by atoms with Crippen molar-refractivity contribution in [2.75, 3.05) is 19.7 Å². The summed E-state index contributed by atoms with van der Waals surface area (Å²) in [6.07, 6.45) is 2.19. The van der Waals surface area contributed by atoms with Gasteiger partial charge in [-0.1, -0.05) is 85.8 Å². The molecule has 0 fully saturated rings. The summed E-state index contributed by atoms with van der Waals surface area (Å²) in [4.78, 5) is 0. The number of ether oxygens (including phenoxy) is 1. The molecule has 2 heteroatoms. The summed E-state index contributed by atoms with van der Waals surface area (Å²) in [5.74, 6) is 1.51. The number of fused-ring (bicyclic) bond motifs is 1. The van der Waals surface area contributed by atoms with E-state index in [-0.39, 0.29) is 5.41 Å². The Bertz CT molecular complexity index is 877. The van der Waals surface area contributed by atoms with Crippen LogP contribution in [0, 0.1) is 5.92 Å². The van der Waals surface area contributed by atoms with E-state index in [1.165, 1.54) is 16.7 Å². The lowest BCUT2D eigenvalue weighted by Crippen LogP contribution is -2.38. The first-order valence-corrected chi connectivity index (χ1v) is 10.3.